The Balaban J connectivity index is 2.56. The molecule has 1 fully saturated rings. The molecule has 3 nitrogen and oxygen atoms in total. The molecule has 0 aromatic rings. The van der Waals surface area contributed by atoms with Gasteiger partial charge in [-0.25, -0.2) is 0 Å². The highest BCUT2D eigenvalue weighted by molar-refractivity contribution is 5.75. The van der Waals surface area contributed by atoms with Crippen molar-refractivity contribution in [2.45, 2.75) is 39.3 Å². The summed E-state index contributed by atoms with van der Waals surface area (Å²) in [5, 5.41) is 0. The van der Waals surface area contributed by atoms with Crippen LogP contribution in [0.5, 0.6) is 0 Å². The van der Waals surface area contributed by atoms with Crippen molar-refractivity contribution in [1.82, 2.24) is 4.90 Å². The summed E-state index contributed by atoms with van der Waals surface area (Å²) in [6.45, 7) is 7.32. The van der Waals surface area contributed by atoms with Gasteiger partial charge in [-0.05, 0) is 26.2 Å². The van der Waals surface area contributed by atoms with Crippen molar-refractivity contribution in [2.24, 2.45) is 5.92 Å². The van der Waals surface area contributed by atoms with Crippen LogP contribution < -0.4 is 0 Å². The minimum absolute atomic E-state index is 0.0926. The van der Waals surface area contributed by atoms with Crippen molar-refractivity contribution in [2.75, 3.05) is 13.7 Å². The first-order chi connectivity index (χ1) is 6.06. The molecule has 0 amide bonds. The van der Waals surface area contributed by atoms with Gasteiger partial charge < -0.3 is 4.74 Å². The Hall–Kier alpha value is -0.570. The number of likely N-dealkylation sites (tertiary alicyclic amines) is 1. The molecule has 1 aliphatic rings. The molecule has 13 heavy (non-hydrogen) atoms. The summed E-state index contributed by atoms with van der Waals surface area (Å²) in [6, 6.07) is 0.411. The van der Waals surface area contributed by atoms with Gasteiger partial charge in [0.25, 0.3) is 0 Å². The topological polar surface area (TPSA) is 29.5 Å². The van der Waals surface area contributed by atoms with Crippen LogP contribution in [-0.4, -0.2) is 36.6 Å². The van der Waals surface area contributed by atoms with Crippen LogP contribution in [0, 0.1) is 5.92 Å². The van der Waals surface area contributed by atoms with Gasteiger partial charge in [0.1, 0.15) is 6.04 Å². The van der Waals surface area contributed by atoms with Crippen LogP contribution in [0.3, 0.4) is 0 Å². The lowest BCUT2D eigenvalue weighted by molar-refractivity contribution is -0.146. The van der Waals surface area contributed by atoms with Gasteiger partial charge in [0, 0.05) is 12.6 Å². The van der Waals surface area contributed by atoms with E-state index in [-0.39, 0.29) is 12.0 Å². The molecule has 0 aromatic carbocycles. The number of rotatable bonds is 2. The summed E-state index contributed by atoms with van der Waals surface area (Å²) in [5.41, 5.74) is 0. The Kier molecular flexibility index (Phi) is 3.31. The van der Waals surface area contributed by atoms with Crippen molar-refractivity contribution in [3.63, 3.8) is 0 Å². The van der Waals surface area contributed by atoms with Crippen molar-refractivity contribution >= 4 is 5.97 Å². The van der Waals surface area contributed by atoms with Gasteiger partial charge in [-0.15, -0.1) is 0 Å². The number of ether oxygens (including phenoxy) is 1. The van der Waals surface area contributed by atoms with Gasteiger partial charge in [0.05, 0.1) is 7.11 Å². The van der Waals surface area contributed by atoms with E-state index in [1.54, 1.807) is 0 Å². The van der Waals surface area contributed by atoms with Crippen LogP contribution in [0.1, 0.15) is 27.2 Å². The van der Waals surface area contributed by atoms with Crippen molar-refractivity contribution < 1.29 is 9.53 Å². The fourth-order valence-corrected chi connectivity index (χ4v) is 2.18. The zero-order chi connectivity index (χ0) is 10.0. The minimum atomic E-state index is -0.124. The van der Waals surface area contributed by atoms with E-state index in [0.29, 0.717) is 12.0 Å². The monoisotopic (exact) mass is 185 g/mol. The first-order valence-electron chi connectivity index (χ1n) is 4.89. The van der Waals surface area contributed by atoms with Crippen LogP contribution >= 0.6 is 0 Å². The van der Waals surface area contributed by atoms with E-state index < -0.39 is 0 Å². The van der Waals surface area contributed by atoms with Gasteiger partial charge >= 0.3 is 5.97 Å². The summed E-state index contributed by atoms with van der Waals surface area (Å²) in [7, 11) is 1.45. The number of nitrogens with zero attached hydrogens (tertiary/aromatic N) is 1. The van der Waals surface area contributed by atoms with Crippen LogP contribution in [-0.2, 0) is 9.53 Å². The lowest BCUT2D eigenvalue weighted by Crippen LogP contribution is -2.41. The SMILES string of the molecule is COC(=O)C(C)N1CC(C)CC1C. The Morgan fingerprint density at radius 1 is 1.54 bits per heavy atom. The molecule has 0 saturated carbocycles. The summed E-state index contributed by atoms with van der Waals surface area (Å²) in [4.78, 5) is 13.5. The molecule has 1 rings (SSSR count). The first kappa shape index (κ1) is 10.5. The van der Waals surface area contributed by atoms with E-state index in [2.05, 4.69) is 18.7 Å². The second-order valence-corrected chi connectivity index (χ2v) is 4.09. The predicted octanol–water partition coefficient (Wildman–Crippen LogP) is 1.28. The van der Waals surface area contributed by atoms with Crippen LogP contribution in [0.15, 0.2) is 0 Å². The molecule has 0 radical (unpaired) electrons. The van der Waals surface area contributed by atoms with E-state index in [4.69, 9.17) is 4.74 Å². The second kappa shape index (κ2) is 4.09. The van der Waals surface area contributed by atoms with Gasteiger partial charge in [-0.3, -0.25) is 9.69 Å². The predicted molar refractivity (Wildman–Crippen MR) is 51.4 cm³/mol. The zero-order valence-electron chi connectivity index (χ0n) is 8.91. The lowest BCUT2D eigenvalue weighted by atomic mass is 10.1. The van der Waals surface area contributed by atoms with E-state index in [1.807, 2.05) is 6.92 Å². The Labute approximate surface area is 80.1 Å². The first-order valence-corrected chi connectivity index (χ1v) is 4.89. The summed E-state index contributed by atoms with van der Waals surface area (Å²) in [6.07, 6.45) is 1.18. The zero-order valence-corrected chi connectivity index (χ0v) is 8.91. The standard InChI is InChI=1S/C10H19NO2/c1-7-5-8(2)11(6-7)9(3)10(12)13-4/h7-9H,5-6H2,1-4H3. The molecule has 3 heteroatoms. The van der Waals surface area contributed by atoms with Crippen molar-refractivity contribution in [1.29, 1.82) is 0 Å². The van der Waals surface area contributed by atoms with Gasteiger partial charge in [0.2, 0.25) is 0 Å². The molecular weight excluding hydrogens is 166 g/mol. The quantitative estimate of drug-likeness (QED) is 0.607. The average molecular weight is 185 g/mol. The van der Waals surface area contributed by atoms with Crippen molar-refractivity contribution in [3.05, 3.63) is 0 Å². The molecule has 1 aliphatic heterocycles. The number of hydrogen-bond acceptors (Lipinski definition) is 3. The second-order valence-electron chi connectivity index (χ2n) is 4.09. The van der Waals surface area contributed by atoms with Crippen LogP contribution in [0.4, 0.5) is 0 Å². The minimum Gasteiger partial charge on any atom is -0.468 e. The molecular formula is C10H19NO2. The summed E-state index contributed by atoms with van der Waals surface area (Å²) in [5.74, 6) is 0.572. The van der Waals surface area contributed by atoms with Crippen molar-refractivity contribution in [3.8, 4) is 0 Å². The third kappa shape index (κ3) is 2.21. The highest BCUT2D eigenvalue weighted by Crippen LogP contribution is 2.24. The number of hydrogen-bond donors (Lipinski definition) is 0. The molecule has 76 valence electrons. The van der Waals surface area contributed by atoms with Gasteiger partial charge in [-0.2, -0.15) is 0 Å². The fourth-order valence-electron chi connectivity index (χ4n) is 2.18. The van der Waals surface area contributed by atoms with E-state index >= 15 is 0 Å². The molecule has 3 atom stereocenters. The third-order valence-electron chi connectivity index (χ3n) is 2.87. The number of carbonyl (C=O) groups excluding carboxylic acids is 1. The molecule has 0 N–H and O–H groups in total. The molecule has 1 heterocycles. The van der Waals surface area contributed by atoms with E-state index in [1.165, 1.54) is 13.5 Å². The Morgan fingerprint density at radius 3 is 2.54 bits per heavy atom. The largest absolute Gasteiger partial charge is 0.468 e. The molecule has 0 aliphatic carbocycles. The number of esters is 1. The summed E-state index contributed by atoms with van der Waals surface area (Å²) >= 11 is 0. The summed E-state index contributed by atoms with van der Waals surface area (Å²) < 4.78 is 4.73. The fraction of sp³-hybridized carbons (Fsp3) is 0.900. The normalized spacial score (nSPS) is 31.7. The van der Waals surface area contributed by atoms with Gasteiger partial charge in [0.15, 0.2) is 0 Å². The molecule has 0 spiro atoms. The van der Waals surface area contributed by atoms with Crippen LogP contribution in [0.25, 0.3) is 0 Å². The Morgan fingerprint density at radius 2 is 2.15 bits per heavy atom. The smallest absolute Gasteiger partial charge is 0.322 e. The average Bonchev–Trinajstić information content (AvgIpc) is 2.42. The molecule has 1 saturated heterocycles. The van der Waals surface area contributed by atoms with Crippen LogP contribution in [0.2, 0.25) is 0 Å². The lowest BCUT2D eigenvalue weighted by Gasteiger charge is -2.26. The Bertz CT molecular complexity index is 193. The highest BCUT2D eigenvalue weighted by atomic mass is 16.5. The number of carbonyl (C=O) groups is 1. The number of methoxy groups -OCH3 is 1. The van der Waals surface area contributed by atoms with E-state index in [0.717, 1.165) is 6.54 Å². The molecule has 0 bridgehead atoms. The molecule has 0 aromatic heterocycles. The highest BCUT2D eigenvalue weighted by Gasteiger charge is 2.33. The maximum atomic E-state index is 11.3. The van der Waals surface area contributed by atoms with E-state index in [9.17, 15) is 4.79 Å². The van der Waals surface area contributed by atoms with Gasteiger partial charge in [-0.1, -0.05) is 6.92 Å². The molecule has 3 unspecified atom stereocenters. The third-order valence-corrected chi connectivity index (χ3v) is 2.87. The maximum absolute atomic E-state index is 11.3. The maximum Gasteiger partial charge on any atom is 0.322 e.